The van der Waals surface area contributed by atoms with Gasteiger partial charge in [-0.25, -0.2) is 0 Å². The zero-order chi connectivity index (χ0) is 15.8. The van der Waals surface area contributed by atoms with Crippen molar-refractivity contribution in [3.63, 3.8) is 0 Å². The van der Waals surface area contributed by atoms with Crippen molar-refractivity contribution in [3.05, 3.63) is 33.9 Å². The van der Waals surface area contributed by atoms with Gasteiger partial charge in [0.05, 0.1) is 16.2 Å². The molecule has 21 heavy (non-hydrogen) atoms. The molecule has 1 rings (SSSR count). The van der Waals surface area contributed by atoms with Gasteiger partial charge < -0.3 is 5.32 Å². The molecule has 0 unspecified atom stereocenters. The zero-order valence-electron chi connectivity index (χ0n) is 12.8. The van der Waals surface area contributed by atoms with Gasteiger partial charge in [-0.05, 0) is 32.9 Å². The van der Waals surface area contributed by atoms with Crippen molar-refractivity contribution in [1.29, 1.82) is 5.26 Å². The van der Waals surface area contributed by atoms with Crippen LogP contribution in [0.15, 0.2) is 18.2 Å². The van der Waals surface area contributed by atoms with Gasteiger partial charge in [0.2, 0.25) is 0 Å². The van der Waals surface area contributed by atoms with Crippen molar-refractivity contribution in [2.75, 3.05) is 25.0 Å². The Hall–Kier alpha value is -2.13. The summed E-state index contributed by atoms with van der Waals surface area (Å²) in [4.78, 5) is 12.6. The summed E-state index contributed by atoms with van der Waals surface area (Å²) in [6, 6.07) is 6.77. The number of nitrogens with one attached hydrogen (secondary N) is 1. The standard InChI is InChI=1S/C15H22N4O2/c1-4-8-18(12(2)3)9-7-17-15-6-5-14(19(20)21)10-13(15)11-16/h5-6,10,12,17H,4,7-9H2,1-3H3. The number of benzene rings is 1. The molecule has 6 heteroatoms. The van der Waals surface area contributed by atoms with Crippen LogP contribution in [0.1, 0.15) is 32.8 Å². The summed E-state index contributed by atoms with van der Waals surface area (Å²) in [5.74, 6) is 0. The molecule has 0 saturated heterocycles. The lowest BCUT2D eigenvalue weighted by atomic mass is 10.1. The molecular formula is C15H22N4O2. The molecule has 114 valence electrons. The van der Waals surface area contributed by atoms with Crippen LogP contribution in [-0.4, -0.2) is 35.5 Å². The molecule has 0 radical (unpaired) electrons. The summed E-state index contributed by atoms with van der Waals surface area (Å²) in [6.07, 6.45) is 1.10. The molecule has 0 amide bonds. The minimum atomic E-state index is -0.494. The highest BCUT2D eigenvalue weighted by atomic mass is 16.6. The second-order valence-corrected chi connectivity index (χ2v) is 5.16. The third-order valence-electron chi connectivity index (χ3n) is 3.29. The monoisotopic (exact) mass is 290 g/mol. The molecule has 1 aromatic rings. The van der Waals surface area contributed by atoms with Gasteiger partial charge in [0.15, 0.2) is 0 Å². The molecule has 1 N–H and O–H groups in total. The number of nitro groups is 1. The molecule has 0 fully saturated rings. The highest BCUT2D eigenvalue weighted by molar-refractivity contribution is 5.61. The first-order valence-corrected chi connectivity index (χ1v) is 7.16. The van der Waals surface area contributed by atoms with E-state index in [1.807, 2.05) is 6.07 Å². The summed E-state index contributed by atoms with van der Waals surface area (Å²) in [5.41, 5.74) is 0.881. The molecule has 0 spiro atoms. The van der Waals surface area contributed by atoms with E-state index in [-0.39, 0.29) is 5.69 Å². The number of nitro benzene ring substituents is 1. The Morgan fingerprint density at radius 3 is 2.67 bits per heavy atom. The highest BCUT2D eigenvalue weighted by Crippen LogP contribution is 2.21. The van der Waals surface area contributed by atoms with Crippen LogP contribution in [0.2, 0.25) is 0 Å². The molecule has 0 aromatic heterocycles. The van der Waals surface area contributed by atoms with Gasteiger partial charge in [0.25, 0.3) is 5.69 Å². The van der Waals surface area contributed by atoms with Crippen LogP contribution in [0, 0.1) is 21.4 Å². The molecule has 0 aliphatic carbocycles. The molecule has 0 atom stereocenters. The fraction of sp³-hybridized carbons (Fsp3) is 0.533. The van der Waals surface area contributed by atoms with Gasteiger partial charge in [0, 0.05) is 31.3 Å². The van der Waals surface area contributed by atoms with Gasteiger partial charge in [0.1, 0.15) is 6.07 Å². The lowest BCUT2D eigenvalue weighted by molar-refractivity contribution is -0.384. The number of hydrogen-bond donors (Lipinski definition) is 1. The van der Waals surface area contributed by atoms with E-state index in [2.05, 4.69) is 31.0 Å². The van der Waals surface area contributed by atoms with E-state index >= 15 is 0 Å². The Labute approximate surface area is 125 Å². The summed E-state index contributed by atoms with van der Waals surface area (Å²) in [7, 11) is 0. The fourth-order valence-corrected chi connectivity index (χ4v) is 2.14. The third kappa shape index (κ3) is 5.04. The van der Waals surface area contributed by atoms with E-state index < -0.39 is 4.92 Å². The molecule has 0 heterocycles. The first kappa shape index (κ1) is 16.9. The van der Waals surface area contributed by atoms with Crippen molar-refractivity contribution in [2.45, 2.75) is 33.2 Å². The molecule has 6 nitrogen and oxygen atoms in total. The Balaban J connectivity index is 2.67. The van der Waals surface area contributed by atoms with Crippen molar-refractivity contribution >= 4 is 11.4 Å². The average molecular weight is 290 g/mol. The average Bonchev–Trinajstić information content (AvgIpc) is 2.46. The van der Waals surface area contributed by atoms with Crippen LogP contribution in [0.5, 0.6) is 0 Å². The molecule has 0 aliphatic rings. The van der Waals surface area contributed by atoms with Gasteiger partial charge >= 0.3 is 0 Å². The fourth-order valence-electron chi connectivity index (χ4n) is 2.14. The van der Waals surface area contributed by atoms with Crippen molar-refractivity contribution in [2.24, 2.45) is 0 Å². The number of nitrogens with zero attached hydrogens (tertiary/aromatic N) is 3. The lowest BCUT2D eigenvalue weighted by Gasteiger charge is -2.26. The van der Waals surface area contributed by atoms with Crippen molar-refractivity contribution < 1.29 is 4.92 Å². The van der Waals surface area contributed by atoms with Gasteiger partial charge in [-0.2, -0.15) is 5.26 Å². The lowest BCUT2D eigenvalue weighted by Crippen LogP contribution is -2.35. The van der Waals surface area contributed by atoms with Crippen LogP contribution in [0.4, 0.5) is 11.4 Å². The number of nitriles is 1. The number of rotatable bonds is 8. The smallest absolute Gasteiger partial charge is 0.270 e. The predicted molar refractivity (Wildman–Crippen MR) is 83.3 cm³/mol. The van der Waals surface area contributed by atoms with Crippen LogP contribution >= 0.6 is 0 Å². The molecule has 0 saturated carbocycles. The minimum Gasteiger partial charge on any atom is -0.383 e. The second-order valence-electron chi connectivity index (χ2n) is 5.16. The first-order chi connectivity index (χ1) is 9.99. The SMILES string of the molecule is CCCN(CCNc1ccc([N+](=O)[O-])cc1C#N)C(C)C. The van der Waals surface area contributed by atoms with E-state index in [0.29, 0.717) is 23.8 Å². The van der Waals surface area contributed by atoms with E-state index in [4.69, 9.17) is 5.26 Å². The largest absolute Gasteiger partial charge is 0.383 e. The maximum absolute atomic E-state index is 10.7. The van der Waals surface area contributed by atoms with Crippen LogP contribution in [-0.2, 0) is 0 Å². The molecule has 1 aromatic carbocycles. The number of non-ortho nitro benzene ring substituents is 1. The van der Waals surface area contributed by atoms with Crippen LogP contribution in [0.3, 0.4) is 0 Å². The Kier molecular flexibility index (Phi) is 6.63. The Morgan fingerprint density at radius 2 is 2.14 bits per heavy atom. The maximum atomic E-state index is 10.7. The topological polar surface area (TPSA) is 82.2 Å². The van der Waals surface area contributed by atoms with Gasteiger partial charge in [-0.3, -0.25) is 15.0 Å². The maximum Gasteiger partial charge on any atom is 0.270 e. The number of anilines is 1. The van der Waals surface area contributed by atoms with E-state index in [1.54, 1.807) is 6.07 Å². The van der Waals surface area contributed by atoms with E-state index in [0.717, 1.165) is 19.5 Å². The van der Waals surface area contributed by atoms with Crippen LogP contribution in [0.25, 0.3) is 0 Å². The normalized spacial score (nSPS) is 10.7. The summed E-state index contributed by atoms with van der Waals surface area (Å²) in [5, 5.41) is 23.0. The minimum absolute atomic E-state index is 0.0631. The van der Waals surface area contributed by atoms with Crippen molar-refractivity contribution in [3.8, 4) is 6.07 Å². The van der Waals surface area contributed by atoms with Gasteiger partial charge in [-0.15, -0.1) is 0 Å². The molecule has 0 aliphatic heterocycles. The second kappa shape index (κ2) is 8.22. The summed E-state index contributed by atoms with van der Waals surface area (Å²) >= 11 is 0. The quantitative estimate of drug-likeness (QED) is 0.588. The summed E-state index contributed by atoms with van der Waals surface area (Å²) in [6.45, 7) is 9.06. The Bertz CT molecular complexity index is 523. The van der Waals surface area contributed by atoms with E-state index in [1.165, 1.54) is 12.1 Å². The third-order valence-corrected chi connectivity index (χ3v) is 3.29. The molecule has 0 bridgehead atoms. The first-order valence-electron chi connectivity index (χ1n) is 7.16. The summed E-state index contributed by atoms with van der Waals surface area (Å²) < 4.78 is 0. The Morgan fingerprint density at radius 1 is 1.43 bits per heavy atom. The molecular weight excluding hydrogens is 268 g/mol. The van der Waals surface area contributed by atoms with E-state index in [9.17, 15) is 10.1 Å². The highest BCUT2D eigenvalue weighted by Gasteiger charge is 2.11. The van der Waals surface area contributed by atoms with Crippen LogP contribution < -0.4 is 5.32 Å². The van der Waals surface area contributed by atoms with Gasteiger partial charge in [-0.1, -0.05) is 6.92 Å². The van der Waals surface area contributed by atoms with Crippen molar-refractivity contribution in [1.82, 2.24) is 4.90 Å². The zero-order valence-corrected chi connectivity index (χ0v) is 12.8. The predicted octanol–water partition coefficient (Wildman–Crippen LogP) is 3.00. The number of hydrogen-bond acceptors (Lipinski definition) is 5.